The van der Waals surface area contributed by atoms with Crippen molar-refractivity contribution in [1.82, 2.24) is 5.32 Å². The first-order valence-corrected chi connectivity index (χ1v) is 11.9. The molecule has 1 aliphatic heterocycles. The highest BCUT2D eigenvalue weighted by Crippen LogP contribution is 2.26. The second kappa shape index (κ2) is 11.6. The van der Waals surface area contributed by atoms with E-state index in [4.69, 9.17) is 16.3 Å². The van der Waals surface area contributed by atoms with Crippen molar-refractivity contribution in [2.24, 2.45) is 0 Å². The van der Waals surface area contributed by atoms with E-state index in [0.29, 0.717) is 16.3 Å². The van der Waals surface area contributed by atoms with Crippen LogP contribution in [0.3, 0.4) is 0 Å². The van der Waals surface area contributed by atoms with E-state index in [2.05, 4.69) is 15.4 Å². The second-order valence-electron chi connectivity index (χ2n) is 8.33. The standard InChI is InChI=1S/C28H22ClN3O7/c1-16-7-10-19(14-22(16)29)30-24(33)15-39-23-6-4-3-5-18(23)13-21-25(34)31-28(37)32(26(21)35)20-11-8-17(9-12-20)27(36)38-2/h3-14H,15H2,1-2H3,(H,30,33)(H,31,34,37)/b21-13-. The first-order valence-electron chi connectivity index (χ1n) is 11.6. The summed E-state index contributed by atoms with van der Waals surface area (Å²) in [6.45, 7) is 1.48. The van der Waals surface area contributed by atoms with Gasteiger partial charge < -0.3 is 14.8 Å². The van der Waals surface area contributed by atoms with E-state index >= 15 is 0 Å². The van der Waals surface area contributed by atoms with Gasteiger partial charge in [-0.15, -0.1) is 0 Å². The van der Waals surface area contributed by atoms with Crippen LogP contribution >= 0.6 is 11.6 Å². The number of barbiturate groups is 1. The van der Waals surface area contributed by atoms with Crippen LogP contribution < -0.4 is 20.3 Å². The monoisotopic (exact) mass is 547 g/mol. The Hall–Kier alpha value is -4.96. The number of halogens is 1. The van der Waals surface area contributed by atoms with Crippen molar-refractivity contribution >= 4 is 58.8 Å². The number of carbonyl (C=O) groups is 5. The Morgan fingerprint density at radius 3 is 2.44 bits per heavy atom. The molecule has 1 fully saturated rings. The van der Waals surface area contributed by atoms with Crippen LogP contribution in [-0.2, 0) is 19.1 Å². The van der Waals surface area contributed by atoms with Crippen LogP contribution in [-0.4, -0.2) is 43.4 Å². The molecule has 1 saturated heterocycles. The number of benzene rings is 3. The summed E-state index contributed by atoms with van der Waals surface area (Å²) in [6.07, 6.45) is 1.27. The van der Waals surface area contributed by atoms with Gasteiger partial charge in [-0.1, -0.05) is 35.9 Å². The fourth-order valence-corrected chi connectivity index (χ4v) is 3.83. The summed E-state index contributed by atoms with van der Waals surface area (Å²) in [5, 5.41) is 5.33. The summed E-state index contributed by atoms with van der Waals surface area (Å²) in [5.41, 5.74) is 1.73. The Balaban J connectivity index is 1.53. The van der Waals surface area contributed by atoms with Gasteiger partial charge in [0.2, 0.25) is 0 Å². The fourth-order valence-electron chi connectivity index (χ4n) is 3.65. The third-order valence-electron chi connectivity index (χ3n) is 5.68. The zero-order valence-corrected chi connectivity index (χ0v) is 21.6. The average Bonchev–Trinajstić information content (AvgIpc) is 2.92. The number of aryl methyl sites for hydroxylation is 1. The molecule has 10 nitrogen and oxygen atoms in total. The Bertz CT molecular complexity index is 1520. The third kappa shape index (κ3) is 6.13. The molecule has 39 heavy (non-hydrogen) atoms. The van der Waals surface area contributed by atoms with Crippen LogP contribution in [0, 0.1) is 6.92 Å². The van der Waals surface area contributed by atoms with Crippen molar-refractivity contribution in [3.63, 3.8) is 0 Å². The number of anilines is 2. The van der Waals surface area contributed by atoms with Crippen LogP contribution in [0.1, 0.15) is 21.5 Å². The van der Waals surface area contributed by atoms with E-state index in [1.807, 2.05) is 6.92 Å². The number of hydrogen-bond acceptors (Lipinski definition) is 7. The van der Waals surface area contributed by atoms with E-state index in [-0.39, 0.29) is 29.2 Å². The fraction of sp³-hybridized carbons (Fsp3) is 0.107. The summed E-state index contributed by atoms with van der Waals surface area (Å²) in [7, 11) is 1.23. The zero-order chi connectivity index (χ0) is 28.1. The molecule has 11 heteroatoms. The van der Waals surface area contributed by atoms with Crippen LogP contribution in [0.2, 0.25) is 5.02 Å². The Labute approximate surface area is 228 Å². The van der Waals surface area contributed by atoms with Crippen molar-refractivity contribution in [1.29, 1.82) is 0 Å². The molecular formula is C28H22ClN3O7. The van der Waals surface area contributed by atoms with Crippen LogP contribution in [0.15, 0.2) is 72.3 Å². The minimum Gasteiger partial charge on any atom is -0.483 e. The maximum absolute atomic E-state index is 13.2. The molecule has 0 unspecified atom stereocenters. The summed E-state index contributed by atoms with van der Waals surface area (Å²) < 4.78 is 10.3. The number of esters is 1. The molecule has 0 bridgehead atoms. The summed E-state index contributed by atoms with van der Waals surface area (Å²) >= 11 is 6.10. The first-order chi connectivity index (χ1) is 18.7. The highest BCUT2D eigenvalue weighted by atomic mass is 35.5. The Kier molecular flexibility index (Phi) is 8.07. The predicted octanol–water partition coefficient (Wildman–Crippen LogP) is 4.12. The number of nitrogens with zero attached hydrogens (tertiary/aromatic N) is 1. The van der Waals surface area contributed by atoms with Crippen molar-refractivity contribution in [2.45, 2.75) is 6.92 Å². The maximum atomic E-state index is 13.2. The third-order valence-corrected chi connectivity index (χ3v) is 6.09. The van der Waals surface area contributed by atoms with Crippen molar-refractivity contribution in [2.75, 3.05) is 23.9 Å². The van der Waals surface area contributed by atoms with Gasteiger partial charge in [0.15, 0.2) is 6.61 Å². The molecule has 198 valence electrons. The molecule has 0 spiro atoms. The minimum absolute atomic E-state index is 0.140. The number of amides is 5. The lowest BCUT2D eigenvalue weighted by atomic mass is 10.1. The minimum atomic E-state index is -0.939. The van der Waals surface area contributed by atoms with Gasteiger partial charge in [-0.05, 0) is 61.0 Å². The van der Waals surface area contributed by atoms with E-state index in [9.17, 15) is 24.0 Å². The van der Waals surface area contributed by atoms with Gasteiger partial charge in [-0.3, -0.25) is 19.7 Å². The SMILES string of the molecule is COC(=O)c1ccc(N2C(=O)NC(=O)/C(=C/c3ccccc3OCC(=O)Nc3ccc(C)c(Cl)c3)C2=O)cc1. The van der Waals surface area contributed by atoms with Crippen molar-refractivity contribution in [3.8, 4) is 5.75 Å². The molecule has 0 atom stereocenters. The van der Waals surface area contributed by atoms with Gasteiger partial charge in [0.25, 0.3) is 17.7 Å². The summed E-state index contributed by atoms with van der Waals surface area (Å²) in [5.74, 6) is -2.57. The first kappa shape index (κ1) is 27.1. The number of para-hydroxylation sites is 1. The highest BCUT2D eigenvalue weighted by molar-refractivity contribution is 6.39. The van der Waals surface area contributed by atoms with Gasteiger partial charge in [-0.2, -0.15) is 0 Å². The van der Waals surface area contributed by atoms with E-state index < -0.39 is 29.7 Å². The quantitative estimate of drug-likeness (QED) is 0.258. The number of methoxy groups -OCH3 is 1. The predicted molar refractivity (Wildman–Crippen MR) is 144 cm³/mol. The lowest BCUT2D eigenvalue weighted by molar-refractivity contribution is -0.122. The number of rotatable bonds is 7. The molecule has 0 saturated carbocycles. The molecule has 4 rings (SSSR count). The molecule has 0 aromatic heterocycles. The Morgan fingerprint density at radius 2 is 1.74 bits per heavy atom. The topological polar surface area (TPSA) is 131 Å². The van der Waals surface area contributed by atoms with Gasteiger partial charge >= 0.3 is 12.0 Å². The highest BCUT2D eigenvalue weighted by Gasteiger charge is 2.37. The normalized spacial score (nSPS) is 14.2. The Morgan fingerprint density at radius 1 is 1.03 bits per heavy atom. The van der Waals surface area contributed by atoms with Crippen molar-refractivity contribution < 1.29 is 33.4 Å². The molecular weight excluding hydrogens is 526 g/mol. The summed E-state index contributed by atoms with van der Waals surface area (Å²) in [6, 6.07) is 16.2. The lowest BCUT2D eigenvalue weighted by Crippen LogP contribution is -2.54. The smallest absolute Gasteiger partial charge is 0.337 e. The van der Waals surface area contributed by atoms with E-state index in [1.54, 1.807) is 42.5 Å². The van der Waals surface area contributed by atoms with Gasteiger partial charge in [-0.25, -0.2) is 14.5 Å². The lowest BCUT2D eigenvalue weighted by Gasteiger charge is -2.26. The number of carbonyl (C=O) groups excluding carboxylic acids is 5. The molecule has 3 aromatic carbocycles. The van der Waals surface area contributed by atoms with E-state index in [0.717, 1.165) is 10.5 Å². The van der Waals surface area contributed by atoms with E-state index in [1.165, 1.54) is 37.5 Å². The van der Waals surface area contributed by atoms with Gasteiger partial charge in [0.1, 0.15) is 11.3 Å². The number of nitrogens with one attached hydrogen (secondary N) is 2. The molecule has 0 aliphatic carbocycles. The number of hydrogen-bond donors (Lipinski definition) is 2. The van der Waals surface area contributed by atoms with Crippen LogP contribution in [0.25, 0.3) is 6.08 Å². The number of ether oxygens (including phenoxy) is 2. The molecule has 2 N–H and O–H groups in total. The molecule has 1 aliphatic rings. The maximum Gasteiger partial charge on any atom is 0.337 e. The molecule has 5 amide bonds. The number of urea groups is 1. The van der Waals surface area contributed by atoms with Crippen molar-refractivity contribution in [3.05, 3.63) is 94.0 Å². The molecule has 0 radical (unpaired) electrons. The molecule has 1 heterocycles. The van der Waals surface area contributed by atoms with Gasteiger partial charge in [0.05, 0.1) is 18.4 Å². The average molecular weight is 548 g/mol. The zero-order valence-electron chi connectivity index (χ0n) is 20.8. The van der Waals surface area contributed by atoms with Crippen LogP contribution in [0.5, 0.6) is 5.75 Å². The second-order valence-corrected chi connectivity index (χ2v) is 8.74. The number of imide groups is 2. The van der Waals surface area contributed by atoms with Gasteiger partial charge in [0, 0.05) is 16.3 Å². The largest absolute Gasteiger partial charge is 0.483 e. The molecule has 3 aromatic rings. The summed E-state index contributed by atoms with van der Waals surface area (Å²) in [4.78, 5) is 63.2. The van der Waals surface area contributed by atoms with Crippen LogP contribution in [0.4, 0.5) is 16.2 Å².